The Morgan fingerprint density at radius 3 is 1.46 bits per heavy atom. The second-order valence-electron chi connectivity index (χ2n) is 4.88. The molecule has 0 N–H and O–H groups in total. The van der Waals surface area contributed by atoms with E-state index in [-0.39, 0.29) is 10.9 Å². The zero-order chi connectivity index (χ0) is 17.4. The standard InChI is InChI=1S/C18H14ClS.C2H4O2/c19-15-11-13-18(14-12-15)20(16-7-3-1-4-8-16)17-9-5-2-6-10-17;1-2(3)4/h1-14H;1H3,(H,3,4)/q+1;/p-1. The zero-order valence-corrected chi connectivity index (χ0v) is 14.8. The fourth-order valence-corrected chi connectivity index (χ4v) is 4.30. The van der Waals surface area contributed by atoms with Crippen LogP contribution in [0.2, 0.25) is 5.02 Å². The molecule has 3 rings (SSSR count). The van der Waals surface area contributed by atoms with Gasteiger partial charge in [-0.25, -0.2) is 0 Å². The summed E-state index contributed by atoms with van der Waals surface area (Å²) in [4.78, 5) is 12.8. The maximum absolute atomic E-state index is 8.89. The summed E-state index contributed by atoms with van der Waals surface area (Å²) in [6.45, 7) is 0.972. The Hall–Kier alpha value is -2.23. The summed E-state index contributed by atoms with van der Waals surface area (Å²) in [5, 5.41) is 9.67. The van der Waals surface area contributed by atoms with Crippen molar-refractivity contribution in [2.24, 2.45) is 0 Å². The van der Waals surface area contributed by atoms with Gasteiger partial charge in [0.15, 0.2) is 14.7 Å². The normalized spacial score (nSPS) is 9.96. The summed E-state index contributed by atoms with van der Waals surface area (Å²) in [6.07, 6.45) is 0. The Balaban J connectivity index is 0.000000471. The molecule has 0 fully saturated rings. The Bertz CT molecular complexity index is 715. The van der Waals surface area contributed by atoms with Gasteiger partial charge in [-0.15, -0.1) is 0 Å². The van der Waals surface area contributed by atoms with Gasteiger partial charge >= 0.3 is 0 Å². The highest BCUT2D eigenvalue weighted by Crippen LogP contribution is 2.31. The first-order valence-corrected chi connectivity index (χ1v) is 8.96. The number of carboxylic acids is 1. The number of hydrogen-bond acceptors (Lipinski definition) is 2. The molecule has 0 spiro atoms. The van der Waals surface area contributed by atoms with Crippen molar-refractivity contribution in [2.45, 2.75) is 21.6 Å². The van der Waals surface area contributed by atoms with E-state index in [0.29, 0.717) is 0 Å². The van der Waals surface area contributed by atoms with Crippen molar-refractivity contribution in [1.82, 2.24) is 0 Å². The van der Waals surface area contributed by atoms with E-state index in [1.807, 2.05) is 12.1 Å². The van der Waals surface area contributed by atoms with Crippen LogP contribution in [0.4, 0.5) is 0 Å². The maximum Gasteiger partial charge on any atom is 0.166 e. The van der Waals surface area contributed by atoms with Crippen molar-refractivity contribution in [1.29, 1.82) is 0 Å². The van der Waals surface area contributed by atoms with Crippen LogP contribution in [0.3, 0.4) is 0 Å². The molecule has 0 atom stereocenters. The first-order chi connectivity index (χ1) is 11.6. The lowest BCUT2D eigenvalue weighted by molar-refractivity contribution is -0.302. The maximum atomic E-state index is 8.89. The molecule has 0 unspecified atom stereocenters. The predicted molar refractivity (Wildman–Crippen MR) is 97.2 cm³/mol. The quantitative estimate of drug-likeness (QED) is 0.660. The molecule has 0 aliphatic carbocycles. The van der Waals surface area contributed by atoms with Crippen LogP contribution in [0.5, 0.6) is 0 Å². The lowest BCUT2D eigenvalue weighted by Crippen LogP contribution is -2.16. The van der Waals surface area contributed by atoms with Crippen LogP contribution in [0.15, 0.2) is 99.6 Å². The first kappa shape index (κ1) is 18.1. The zero-order valence-electron chi connectivity index (χ0n) is 13.2. The largest absolute Gasteiger partial charge is 0.550 e. The lowest BCUT2D eigenvalue weighted by Gasteiger charge is -2.07. The van der Waals surface area contributed by atoms with Crippen LogP contribution < -0.4 is 5.11 Å². The average molecular weight is 357 g/mol. The van der Waals surface area contributed by atoms with E-state index in [9.17, 15) is 0 Å². The topological polar surface area (TPSA) is 40.1 Å². The van der Waals surface area contributed by atoms with Crippen LogP contribution in [0, 0.1) is 0 Å². The monoisotopic (exact) mass is 356 g/mol. The number of aliphatic carboxylic acids is 1. The van der Waals surface area contributed by atoms with Crippen molar-refractivity contribution >= 4 is 28.5 Å². The van der Waals surface area contributed by atoms with E-state index >= 15 is 0 Å². The summed E-state index contributed by atoms with van der Waals surface area (Å²) in [5.74, 6) is -1.08. The van der Waals surface area contributed by atoms with Crippen molar-refractivity contribution < 1.29 is 9.90 Å². The summed E-state index contributed by atoms with van der Waals surface area (Å²) < 4.78 is 0. The molecule has 24 heavy (non-hydrogen) atoms. The molecule has 0 aliphatic heterocycles. The average Bonchev–Trinajstić information content (AvgIpc) is 2.58. The van der Waals surface area contributed by atoms with Gasteiger partial charge in [0.2, 0.25) is 0 Å². The highest BCUT2D eigenvalue weighted by Gasteiger charge is 2.27. The number of carbonyl (C=O) groups is 1. The van der Waals surface area contributed by atoms with Crippen LogP contribution in [0.1, 0.15) is 6.92 Å². The van der Waals surface area contributed by atoms with Gasteiger partial charge in [-0.3, -0.25) is 0 Å². The van der Waals surface area contributed by atoms with Crippen molar-refractivity contribution in [2.75, 3.05) is 0 Å². The lowest BCUT2D eigenvalue weighted by atomic mass is 10.4. The Labute approximate surface area is 150 Å². The van der Waals surface area contributed by atoms with Gasteiger partial charge in [0.05, 0.1) is 10.9 Å². The number of halogens is 1. The smallest absolute Gasteiger partial charge is 0.166 e. The fourth-order valence-electron chi connectivity index (χ4n) is 2.09. The van der Waals surface area contributed by atoms with E-state index < -0.39 is 5.97 Å². The molecule has 3 aromatic carbocycles. The Morgan fingerprint density at radius 1 is 0.750 bits per heavy atom. The number of carboxylic acid groups (broad SMARTS) is 1. The molecule has 2 nitrogen and oxygen atoms in total. The molecular formula is C20H17ClO2S. The minimum Gasteiger partial charge on any atom is -0.550 e. The molecule has 122 valence electrons. The summed E-state index contributed by atoms with van der Waals surface area (Å²) >= 11 is 6.01. The van der Waals surface area contributed by atoms with Crippen molar-refractivity contribution in [3.8, 4) is 0 Å². The van der Waals surface area contributed by atoms with Gasteiger partial charge in [-0.2, -0.15) is 0 Å². The van der Waals surface area contributed by atoms with Gasteiger partial charge in [0.25, 0.3) is 0 Å². The molecule has 0 bridgehead atoms. The number of benzene rings is 3. The van der Waals surface area contributed by atoms with Gasteiger partial charge in [0, 0.05) is 11.0 Å². The second kappa shape index (κ2) is 9.16. The van der Waals surface area contributed by atoms with E-state index in [1.54, 1.807) is 0 Å². The molecular weight excluding hydrogens is 340 g/mol. The second-order valence-corrected chi connectivity index (χ2v) is 7.34. The fraction of sp³-hybridized carbons (Fsp3) is 0.0500. The number of hydrogen-bond donors (Lipinski definition) is 0. The van der Waals surface area contributed by atoms with Gasteiger partial charge < -0.3 is 9.90 Å². The van der Waals surface area contributed by atoms with Crippen molar-refractivity contribution in [3.63, 3.8) is 0 Å². The highest BCUT2D eigenvalue weighted by molar-refractivity contribution is 7.97. The van der Waals surface area contributed by atoms with E-state index in [4.69, 9.17) is 21.5 Å². The SMILES string of the molecule is CC(=O)[O-].Clc1ccc([S+](c2ccccc2)c2ccccc2)cc1. The molecule has 0 saturated carbocycles. The Kier molecular flexibility index (Phi) is 6.91. The molecule has 0 aliphatic rings. The highest BCUT2D eigenvalue weighted by atomic mass is 35.5. The predicted octanol–water partition coefficient (Wildman–Crippen LogP) is 4.19. The van der Waals surface area contributed by atoms with E-state index in [1.165, 1.54) is 14.7 Å². The van der Waals surface area contributed by atoms with Crippen LogP contribution in [-0.2, 0) is 15.7 Å². The molecule has 0 radical (unpaired) electrons. The third-order valence-corrected chi connectivity index (χ3v) is 5.49. The number of rotatable bonds is 3. The van der Waals surface area contributed by atoms with E-state index in [0.717, 1.165) is 11.9 Å². The minimum absolute atomic E-state index is 0.0815. The molecule has 4 heteroatoms. The van der Waals surface area contributed by atoms with Gasteiger partial charge in [-0.1, -0.05) is 48.0 Å². The van der Waals surface area contributed by atoms with Crippen LogP contribution in [0.25, 0.3) is 0 Å². The van der Waals surface area contributed by atoms with Crippen molar-refractivity contribution in [3.05, 3.63) is 90.0 Å². The molecule has 0 aromatic heterocycles. The number of carbonyl (C=O) groups excluding carboxylic acids is 1. The summed E-state index contributed by atoms with van der Waals surface area (Å²) in [7, 11) is -0.0815. The van der Waals surface area contributed by atoms with Gasteiger partial charge in [0.1, 0.15) is 0 Å². The van der Waals surface area contributed by atoms with Gasteiger partial charge in [-0.05, 0) is 55.5 Å². The van der Waals surface area contributed by atoms with E-state index in [2.05, 4.69) is 72.8 Å². The molecule has 0 saturated heterocycles. The summed E-state index contributed by atoms with van der Waals surface area (Å²) in [6, 6.07) is 29.4. The first-order valence-electron chi connectivity index (χ1n) is 7.35. The third-order valence-electron chi connectivity index (χ3n) is 3.01. The molecule has 0 heterocycles. The minimum atomic E-state index is -1.08. The molecule has 3 aromatic rings. The van der Waals surface area contributed by atoms with Crippen LogP contribution >= 0.6 is 11.6 Å². The third kappa shape index (κ3) is 5.44. The van der Waals surface area contributed by atoms with Crippen LogP contribution in [-0.4, -0.2) is 5.97 Å². The summed E-state index contributed by atoms with van der Waals surface area (Å²) in [5.41, 5.74) is 0. The Morgan fingerprint density at radius 2 is 1.08 bits per heavy atom. The molecule has 0 amide bonds.